The van der Waals surface area contributed by atoms with Crippen LogP contribution in [0.25, 0.3) is 0 Å². The summed E-state index contributed by atoms with van der Waals surface area (Å²) in [6.07, 6.45) is 3.94. The Morgan fingerprint density at radius 3 is 2.54 bits per heavy atom. The maximum Gasteiger partial charge on any atom is 0.254 e. The van der Waals surface area contributed by atoms with Gasteiger partial charge < -0.3 is 25.3 Å². The predicted octanol–water partition coefficient (Wildman–Crippen LogP) is 2.17. The molecule has 0 saturated carbocycles. The number of rotatable bonds is 8. The van der Waals surface area contributed by atoms with E-state index < -0.39 is 34.7 Å². The lowest BCUT2D eigenvalue weighted by Crippen LogP contribution is -2.59. The Morgan fingerprint density at radius 1 is 1.22 bits per heavy atom. The van der Waals surface area contributed by atoms with E-state index in [1.165, 1.54) is 27.6 Å². The summed E-state index contributed by atoms with van der Waals surface area (Å²) in [7, 11) is 1.58. The van der Waals surface area contributed by atoms with Crippen LogP contribution in [0.15, 0.2) is 48.5 Å². The monoisotopic (exact) mass is 523 g/mol. The van der Waals surface area contributed by atoms with E-state index in [0.717, 1.165) is 5.56 Å². The van der Waals surface area contributed by atoms with Gasteiger partial charge in [-0.25, -0.2) is 0 Å². The number of phenols is 1. The molecule has 0 spiro atoms. The van der Waals surface area contributed by atoms with Crippen molar-refractivity contribution in [1.29, 1.82) is 0 Å². The van der Waals surface area contributed by atoms with Gasteiger partial charge in [-0.1, -0.05) is 42.3 Å². The summed E-state index contributed by atoms with van der Waals surface area (Å²) in [6.45, 7) is 5.45. The number of phenolic OH excluding ortho intramolecular Hbond substituents is 1. The number of aliphatic hydroxyl groups excluding tert-OH is 1. The van der Waals surface area contributed by atoms with E-state index in [0.29, 0.717) is 5.56 Å². The van der Waals surface area contributed by atoms with Crippen molar-refractivity contribution in [2.24, 2.45) is 0 Å². The fraction of sp³-hybridized carbons (Fsp3) is 0.393. The summed E-state index contributed by atoms with van der Waals surface area (Å²) in [5.74, 6) is 1.12. The topological polar surface area (TPSA) is 110 Å². The molecule has 3 rings (SSSR count). The smallest absolute Gasteiger partial charge is 0.254 e. The van der Waals surface area contributed by atoms with Crippen LogP contribution >= 0.6 is 11.8 Å². The number of aromatic hydroxyl groups is 1. The zero-order chi connectivity index (χ0) is 27.3. The predicted molar refractivity (Wildman–Crippen MR) is 144 cm³/mol. The van der Waals surface area contributed by atoms with Gasteiger partial charge in [0.05, 0.1) is 18.5 Å². The molecule has 37 heavy (non-hydrogen) atoms. The first-order valence-electron chi connectivity index (χ1n) is 11.9. The zero-order valence-corrected chi connectivity index (χ0v) is 22.3. The number of benzene rings is 2. The quantitative estimate of drug-likeness (QED) is 0.458. The van der Waals surface area contributed by atoms with Crippen molar-refractivity contribution >= 4 is 29.5 Å². The van der Waals surface area contributed by atoms with Crippen LogP contribution in [0.5, 0.6) is 5.75 Å². The SMILES string of the molecule is C#CCN(C)C(=O)C1N(C(=O)C(O)C(Cc2ccccc2)NC(=O)c2cccc(O)c2C)CSC1(C)C. The van der Waals surface area contributed by atoms with Crippen LogP contribution in [-0.2, 0) is 16.0 Å². The number of likely N-dealkylation sites (N-methyl/N-ethyl adjacent to an activating group) is 1. The molecule has 3 unspecified atom stereocenters. The van der Waals surface area contributed by atoms with Gasteiger partial charge in [-0.05, 0) is 44.9 Å². The second-order valence-corrected chi connectivity index (χ2v) is 11.2. The minimum absolute atomic E-state index is 0.0300. The number of carbonyl (C=O) groups is 3. The third kappa shape index (κ3) is 6.27. The molecule has 1 heterocycles. The van der Waals surface area contributed by atoms with Crippen molar-refractivity contribution in [2.45, 2.75) is 50.1 Å². The zero-order valence-electron chi connectivity index (χ0n) is 21.5. The summed E-state index contributed by atoms with van der Waals surface area (Å²) < 4.78 is -0.605. The molecule has 3 amide bonds. The van der Waals surface area contributed by atoms with Crippen LogP contribution in [0, 0.1) is 19.3 Å². The number of nitrogens with one attached hydrogen (secondary N) is 1. The van der Waals surface area contributed by atoms with Gasteiger partial charge >= 0.3 is 0 Å². The molecule has 3 N–H and O–H groups in total. The number of carbonyl (C=O) groups excluding carboxylic acids is 3. The van der Waals surface area contributed by atoms with Crippen molar-refractivity contribution in [3.05, 3.63) is 65.2 Å². The van der Waals surface area contributed by atoms with Crippen LogP contribution in [0.3, 0.4) is 0 Å². The molecule has 1 aliphatic rings. The molecule has 8 nitrogen and oxygen atoms in total. The van der Waals surface area contributed by atoms with Crippen molar-refractivity contribution in [3.8, 4) is 18.1 Å². The standard InChI is InChI=1S/C28H33N3O5S/c1-6-15-30(5)27(36)24-28(3,4)37-17-31(24)26(35)23(33)21(16-19-11-8-7-9-12-19)29-25(34)20-13-10-14-22(32)18(20)2/h1,7-14,21,23-24,32-33H,15-17H2,2-5H3,(H,29,34). The Bertz CT molecular complexity index is 1190. The van der Waals surface area contributed by atoms with Gasteiger partial charge in [0.15, 0.2) is 6.10 Å². The molecule has 9 heteroatoms. The summed E-state index contributed by atoms with van der Waals surface area (Å²) in [5.41, 5.74) is 1.43. The molecule has 0 aliphatic carbocycles. The van der Waals surface area contributed by atoms with Crippen molar-refractivity contribution < 1.29 is 24.6 Å². The molecular weight excluding hydrogens is 490 g/mol. The Balaban J connectivity index is 1.90. The summed E-state index contributed by atoms with van der Waals surface area (Å²) in [6, 6.07) is 12.0. The molecule has 0 aromatic heterocycles. The van der Waals surface area contributed by atoms with E-state index in [-0.39, 0.29) is 36.1 Å². The Kier molecular flexibility index (Phi) is 8.89. The molecule has 0 bridgehead atoms. The molecular formula is C28H33N3O5S. The van der Waals surface area contributed by atoms with Gasteiger partial charge in [0, 0.05) is 22.9 Å². The van der Waals surface area contributed by atoms with Gasteiger partial charge in [-0.3, -0.25) is 14.4 Å². The summed E-state index contributed by atoms with van der Waals surface area (Å²) in [4.78, 5) is 42.8. The molecule has 0 radical (unpaired) electrons. The van der Waals surface area contributed by atoms with Crippen molar-refractivity contribution in [1.82, 2.24) is 15.1 Å². The van der Waals surface area contributed by atoms with Gasteiger partial charge in [0.2, 0.25) is 5.91 Å². The largest absolute Gasteiger partial charge is 0.508 e. The average Bonchev–Trinajstić information content (AvgIpc) is 3.19. The van der Waals surface area contributed by atoms with Gasteiger partial charge in [0.1, 0.15) is 11.8 Å². The van der Waals surface area contributed by atoms with Gasteiger partial charge in [0.25, 0.3) is 11.8 Å². The van der Waals surface area contributed by atoms with Crippen LogP contribution < -0.4 is 5.32 Å². The molecule has 3 atom stereocenters. The highest BCUT2D eigenvalue weighted by molar-refractivity contribution is 8.00. The summed E-state index contributed by atoms with van der Waals surface area (Å²) >= 11 is 1.44. The first-order chi connectivity index (χ1) is 17.5. The maximum absolute atomic E-state index is 13.7. The molecule has 1 saturated heterocycles. The Morgan fingerprint density at radius 2 is 1.89 bits per heavy atom. The highest BCUT2D eigenvalue weighted by atomic mass is 32.2. The highest BCUT2D eigenvalue weighted by Crippen LogP contribution is 2.40. The maximum atomic E-state index is 13.7. The number of aliphatic hydroxyl groups is 1. The van der Waals surface area contributed by atoms with E-state index in [1.54, 1.807) is 26.1 Å². The fourth-order valence-corrected chi connectivity index (χ4v) is 5.51. The van der Waals surface area contributed by atoms with Crippen molar-refractivity contribution in [3.63, 3.8) is 0 Å². The number of nitrogens with zero attached hydrogens (tertiary/aromatic N) is 2. The van der Waals surface area contributed by atoms with Gasteiger partial charge in [-0.2, -0.15) is 0 Å². The molecule has 2 aromatic carbocycles. The summed E-state index contributed by atoms with van der Waals surface area (Å²) in [5, 5.41) is 24.1. The number of hydrogen-bond donors (Lipinski definition) is 3. The lowest BCUT2D eigenvalue weighted by atomic mass is 9.96. The number of terminal acetylenes is 1. The molecule has 196 valence electrons. The first kappa shape index (κ1) is 28.1. The minimum Gasteiger partial charge on any atom is -0.508 e. The van der Waals surface area contributed by atoms with E-state index in [9.17, 15) is 24.6 Å². The van der Waals surface area contributed by atoms with Crippen molar-refractivity contribution in [2.75, 3.05) is 19.5 Å². The van der Waals surface area contributed by atoms with Gasteiger partial charge in [-0.15, -0.1) is 18.2 Å². The number of thioether (sulfide) groups is 1. The number of hydrogen-bond acceptors (Lipinski definition) is 6. The van der Waals surface area contributed by atoms with E-state index in [1.807, 2.05) is 44.2 Å². The van der Waals surface area contributed by atoms with Crippen LogP contribution in [0.2, 0.25) is 0 Å². The van der Waals surface area contributed by atoms with Crippen LogP contribution in [-0.4, -0.2) is 80.1 Å². The van der Waals surface area contributed by atoms with E-state index in [2.05, 4.69) is 11.2 Å². The fourth-order valence-electron chi connectivity index (χ4n) is 4.38. The molecule has 2 aromatic rings. The van der Waals surface area contributed by atoms with E-state index in [4.69, 9.17) is 6.42 Å². The van der Waals surface area contributed by atoms with E-state index >= 15 is 0 Å². The van der Waals surface area contributed by atoms with Crippen LogP contribution in [0.1, 0.15) is 35.3 Å². The molecule has 1 aliphatic heterocycles. The average molecular weight is 524 g/mol. The first-order valence-corrected chi connectivity index (χ1v) is 12.9. The highest BCUT2D eigenvalue weighted by Gasteiger charge is 2.50. The lowest BCUT2D eigenvalue weighted by Gasteiger charge is -2.35. The Labute approximate surface area is 222 Å². The number of amides is 3. The minimum atomic E-state index is -1.62. The van der Waals surface area contributed by atoms with Crippen LogP contribution in [0.4, 0.5) is 0 Å². The third-order valence-electron chi connectivity index (χ3n) is 6.57. The second kappa shape index (κ2) is 11.7. The normalized spacial score (nSPS) is 17.9. The lowest BCUT2D eigenvalue weighted by molar-refractivity contribution is -0.150. The second-order valence-electron chi connectivity index (χ2n) is 9.65. The Hall–Kier alpha value is -3.48. The molecule has 1 fully saturated rings. The third-order valence-corrected chi connectivity index (χ3v) is 7.94.